The van der Waals surface area contributed by atoms with Crippen molar-refractivity contribution < 1.29 is 9.18 Å². The lowest BCUT2D eigenvalue weighted by atomic mass is 10.0. The van der Waals surface area contributed by atoms with Gasteiger partial charge >= 0.3 is 0 Å². The highest BCUT2D eigenvalue weighted by Gasteiger charge is 2.26. The molecule has 1 amide bonds. The summed E-state index contributed by atoms with van der Waals surface area (Å²) in [4.78, 5) is 42.1. The van der Waals surface area contributed by atoms with Crippen LogP contribution in [-0.2, 0) is 0 Å². The van der Waals surface area contributed by atoms with E-state index in [1.54, 1.807) is 29.3 Å². The van der Waals surface area contributed by atoms with Crippen LogP contribution in [0.15, 0.2) is 53.8 Å². The van der Waals surface area contributed by atoms with E-state index in [2.05, 4.69) is 25.3 Å². The number of carbonyl (C=O) groups excluding carboxylic acids is 1. The second kappa shape index (κ2) is 7.75. The third kappa shape index (κ3) is 3.58. The molecule has 0 unspecified atom stereocenters. The van der Waals surface area contributed by atoms with E-state index in [1.165, 1.54) is 24.7 Å². The number of aromatic nitrogens is 4. The molecule has 1 atom stereocenters. The molecule has 1 saturated heterocycles. The van der Waals surface area contributed by atoms with Crippen molar-refractivity contribution in [2.75, 3.05) is 18.4 Å². The summed E-state index contributed by atoms with van der Waals surface area (Å²) in [6.07, 6.45) is 6.11. The number of aromatic amines is 1. The van der Waals surface area contributed by atoms with Crippen molar-refractivity contribution in [2.24, 2.45) is 0 Å². The van der Waals surface area contributed by atoms with Crippen molar-refractivity contribution in [1.29, 1.82) is 0 Å². The number of hydrogen-bond donors (Lipinski definition) is 2. The van der Waals surface area contributed by atoms with E-state index in [9.17, 15) is 14.0 Å². The molecule has 4 heterocycles. The largest absolute Gasteiger partial charge is 0.365 e. The van der Waals surface area contributed by atoms with Gasteiger partial charge in [0.2, 0.25) is 0 Å². The Bertz CT molecular complexity index is 1340. The maximum Gasteiger partial charge on any atom is 0.272 e. The van der Waals surface area contributed by atoms with E-state index >= 15 is 0 Å². The minimum absolute atomic E-state index is 0.0419. The Morgan fingerprint density at radius 1 is 1.23 bits per heavy atom. The van der Waals surface area contributed by atoms with Crippen LogP contribution in [0.4, 0.5) is 10.2 Å². The predicted molar refractivity (Wildman–Crippen MR) is 114 cm³/mol. The first-order valence-corrected chi connectivity index (χ1v) is 10.0. The molecule has 0 radical (unpaired) electrons. The zero-order valence-corrected chi connectivity index (χ0v) is 16.5. The number of amides is 1. The summed E-state index contributed by atoms with van der Waals surface area (Å²) in [5, 5.41) is 4.93. The molecule has 0 aliphatic carbocycles. The monoisotopic (exact) mass is 418 g/mol. The summed E-state index contributed by atoms with van der Waals surface area (Å²) in [6, 6.07) is 7.58. The van der Waals surface area contributed by atoms with Crippen LogP contribution in [0.1, 0.15) is 23.3 Å². The number of fused-ring (bicyclic) bond motifs is 3. The molecule has 1 aromatic carbocycles. The minimum atomic E-state index is -0.423. The summed E-state index contributed by atoms with van der Waals surface area (Å²) in [5.74, 6) is 0.00163. The number of rotatable bonds is 3. The second-order valence-corrected chi connectivity index (χ2v) is 7.55. The van der Waals surface area contributed by atoms with Crippen LogP contribution in [0.3, 0.4) is 0 Å². The maximum absolute atomic E-state index is 14.0. The van der Waals surface area contributed by atoms with E-state index in [0.717, 1.165) is 12.8 Å². The minimum Gasteiger partial charge on any atom is -0.365 e. The lowest BCUT2D eigenvalue weighted by molar-refractivity contribution is 0.0708. The van der Waals surface area contributed by atoms with Crippen LogP contribution in [0.25, 0.3) is 21.7 Å². The number of piperidine rings is 1. The van der Waals surface area contributed by atoms with Gasteiger partial charge in [-0.3, -0.25) is 9.59 Å². The molecule has 31 heavy (non-hydrogen) atoms. The van der Waals surface area contributed by atoms with Gasteiger partial charge in [0.15, 0.2) is 0 Å². The average Bonchev–Trinajstić information content (AvgIpc) is 2.79. The van der Waals surface area contributed by atoms with Crippen molar-refractivity contribution in [1.82, 2.24) is 24.8 Å². The number of benzene rings is 1. The molecule has 2 N–H and O–H groups in total. The van der Waals surface area contributed by atoms with Crippen LogP contribution < -0.4 is 10.9 Å². The van der Waals surface area contributed by atoms with Crippen molar-refractivity contribution in [3.8, 4) is 0 Å². The average molecular weight is 418 g/mol. The summed E-state index contributed by atoms with van der Waals surface area (Å²) in [7, 11) is 0. The van der Waals surface area contributed by atoms with E-state index in [4.69, 9.17) is 0 Å². The maximum atomic E-state index is 14.0. The molecule has 9 heteroatoms. The molecular weight excluding hydrogens is 399 g/mol. The lowest BCUT2D eigenvalue weighted by Gasteiger charge is -2.33. The molecule has 4 aromatic rings. The van der Waals surface area contributed by atoms with Gasteiger partial charge in [-0.2, -0.15) is 0 Å². The van der Waals surface area contributed by atoms with Crippen molar-refractivity contribution in [3.63, 3.8) is 0 Å². The normalized spacial score (nSPS) is 16.5. The number of nitrogens with one attached hydrogen (secondary N) is 2. The Morgan fingerprint density at radius 3 is 2.97 bits per heavy atom. The van der Waals surface area contributed by atoms with Crippen molar-refractivity contribution in [2.45, 2.75) is 18.9 Å². The van der Waals surface area contributed by atoms with Gasteiger partial charge in [-0.05, 0) is 43.2 Å². The number of pyridine rings is 2. The van der Waals surface area contributed by atoms with Gasteiger partial charge in [-0.15, -0.1) is 0 Å². The summed E-state index contributed by atoms with van der Waals surface area (Å²) in [6.45, 7) is 1.13. The Balaban J connectivity index is 1.48. The van der Waals surface area contributed by atoms with Gasteiger partial charge < -0.3 is 15.2 Å². The van der Waals surface area contributed by atoms with Crippen LogP contribution >= 0.6 is 0 Å². The van der Waals surface area contributed by atoms with Crippen molar-refractivity contribution >= 4 is 33.4 Å². The molecule has 5 rings (SSSR count). The molecule has 0 saturated carbocycles. The number of H-pyrrole nitrogens is 1. The number of anilines is 1. The van der Waals surface area contributed by atoms with Crippen LogP contribution in [0.5, 0.6) is 0 Å². The molecule has 0 spiro atoms. The Kier molecular flexibility index (Phi) is 4.78. The molecule has 0 bridgehead atoms. The van der Waals surface area contributed by atoms with Crippen molar-refractivity contribution in [3.05, 3.63) is 70.9 Å². The van der Waals surface area contributed by atoms with E-state index in [-0.39, 0.29) is 17.5 Å². The number of carbonyl (C=O) groups is 1. The fourth-order valence-corrected chi connectivity index (χ4v) is 4.09. The Morgan fingerprint density at radius 2 is 2.13 bits per heavy atom. The highest BCUT2D eigenvalue weighted by molar-refractivity contribution is 6.09. The SMILES string of the molecule is O=C(c1ccncn1)N1CCC[C@@H](Nc2nc3cc[nH]c(=O)c3c3cc(F)ccc23)C1. The van der Waals surface area contributed by atoms with Gasteiger partial charge in [0.25, 0.3) is 11.5 Å². The first-order chi connectivity index (χ1) is 15.1. The van der Waals surface area contributed by atoms with Gasteiger partial charge in [-0.25, -0.2) is 19.3 Å². The van der Waals surface area contributed by atoms with Gasteiger partial charge in [0.1, 0.15) is 23.7 Å². The van der Waals surface area contributed by atoms with E-state index in [1.807, 2.05) is 0 Å². The fraction of sp³-hybridized carbons (Fsp3) is 0.227. The number of nitrogens with zero attached hydrogens (tertiary/aromatic N) is 4. The molecular formula is C22H19FN6O2. The summed E-state index contributed by atoms with van der Waals surface area (Å²) in [5.41, 5.74) is 0.528. The van der Waals surface area contributed by atoms with Gasteiger partial charge in [0, 0.05) is 42.3 Å². The van der Waals surface area contributed by atoms with Crippen LogP contribution in [-0.4, -0.2) is 49.9 Å². The standard InChI is InChI=1S/C22H19FN6O2/c23-13-3-4-15-16(10-13)19-17(6-8-25-21(19)30)28-20(15)27-14-2-1-9-29(11-14)22(31)18-5-7-24-12-26-18/h3-8,10,12,14H,1-2,9,11H2,(H,25,30)(H,27,28)/t14-/m1/s1. The quantitative estimate of drug-likeness (QED) is 0.496. The first kappa shape index (κ1) is 19.1. The third-order valence-corrected chi connectivity index (χ3v) is 5.53. The second-order valence-electron chi connectivity index (χ2n) is 7.55. The number of hydrogen-bond acceptors (Lipinski definition) is 6. The fourth-order valence-electron chi connectivity index (χ4n) is 4.09. The smallest absolute Gasteiger partial charge is 0.272 e. The van der Waals surface area contributed by atoms with E-state index in [0.29, 0.717) is 46.3 Å². The van der Waals surface area contributed by atoms with E-state index < -0.39 is 5.82 Å². The Hall–Kier alpha value is -3.88. The molecule has 1 fully saturated rings. The van der Waals surface area contributed by atoms with Crippen LogP contribution in [0, 0.1) is 5.82 Å². The number of halogens is 1. The lowest BCUT2D eigenvalue weighted by Crippen LogP contribution is -2.45. The molecule has 156 valence electrons. The molecule has 8 nitrogen and oxygen atoms in total. The Labute approximate surface area is 176 Å². The summed E-state index contributed by atoms with van der Waals surface area (Å²) >= 11 is 0. The molecule has 3 aromatic heterocycles. The van der Waals surface area contributed by atoms with Gasteiger partial charge in [0.05, 0.1) is 10.9 Å². The molecule has 1 aliphatic heterocycles. The van der Waals surface area contributed by atoms with Gasteiger partial charge in [-0.1, -0.05) is 0 Å². The summed E-state index contributed by atoms with van der Waals surface area (Å²) < 4.78 is 14.0. The first-order valence-electron chi connectivity index (χ1n) is 10.0. The zero-order valence-electron chi connectivity index (χ0n) is 16.5. The molecule has 1 aliphatic rings. The topological polar surface area (TPSA) is 104 Å². The highest BCUT2D eigenvalue weighted by Crippen LogP contribution is 2.29. The predicted octanol–water partition coefficient (Wildman–Crippen LogP) is 2.72. The van der Waals surface area contributed by atoms with Crippen LogP contribution in [0.2, 0.25) is 0 Å². The number of likely N-dealkylation sites (tertiary alicyclic amines) is 1. The zero-order chi connectivity index (χ0) is 21.4. The highest BCUT2D eigenvalue weighted by atomic mass is 19.1. The third-order valence-electron chi connectivity index (χ3n) is 5.53.